The summed E-state index contributed by atoms with van der Waals surface area (Å²) in [6.45, 7) is 2.03. The lowest BCUT2D eigenvalue weighted by Gasteiger charge is -2.23. The van der Waals surface area contributed by atoms with Crippen LogP contribution in [0, 0.1) is 17.2 Å². The van der Waals surface area contributed by atoms with Crippen molar-refractivity contribution in [1.82, 2.24) is 5.32 Å². The average molecular weight is 523 g/mol. The van der Waals surface area contributed by atoms with E-state index < -0.39 is 27.3 Å². The van der Waals surface area contributed by atoms with Crippen LogP contribution in [0.3, 0.4) is 0 Å². The van der Waals surface area contributed by atoms with Crippen molar-refractivity contribution in [1.29, 1.82) is 5.26 Å². The minimum absolute atomic E-state index is 0.0748. The van der Waals surface area contributed by atoms with Gasteiger partial charge >= 0.3 is 6.18 Å². The number of hydrogen-bond acceptors (Lipinski definition) is 5. The average Bonchev–Trinajstić information content (AvgIpc) is 2.99. The number of alkyl halides is 3. The first-order chi connectivity index (χ1) is 16.8. The maximum absolute atomic E-state index is 13.3. The number of nitrogens with zero attached hydrogens (tertiary/aromatic N) is 2. The number of hydrogen-bond donors (Lipinski definition) is 2. The third-order valence-electron chi connectivity index (χ3n) is 6.61. The van der Waals surface area contributed by atoms with E-state index in [0.29, 0.717) is 29.8 Å². The molecule has 2 N–H and O–H groups in total. The van der Waals surface area contributed by atoms with Crippen LogP contribution in [0.5, 0.6) is 0 Å². The first-order valence-corrected chi connectivity index (χ1v) is 13.4. The minimum Gasteiger partial charge on any atom is -0.382 e. The van der Waals surface area contributed by atoms with Crippen LogP contribution in [0.4, 0.5) is 24.5 Å². The zero-order chi connectivity index (χ0) is 26.7. The molecule has 0 spiro atoms. The van der Waals surface area contributed by atoms with Gasteiger partial charge in [0.05, 0.1) is 29.1 Å². The quantitative estimate of drug-likeness (QED) is 0.533. The maximum atomic E-state index is 13.3. The third-order valence-corrected chi connectivity index (χ3v) is 7.81. The van der Waals surface area contributed by atoms with Gasteiger partial charge in [-0.15, -0.1) is 0 Å². The fraction of sp³-hybridized carbons (Fsp3) is 0.440. The van der Waals surface area contributed by atoms with Crippen molar-refractivity contribution < 1.29 is 26.4 Å². The summed E-state index contributed by atoms with van der Waals surface area (Å²) in [5.41, 5.74) is -0.218. The molecule has 1 aliphatic rings. The topological polar surface area (TPSA) is 102 Å². The Morgan fingerprint density at radius 2 is 1.72 bits per heavy atom. The van der Waals surface area contributed by atoms with Gasteiger partial charge in [0.1, 0.15) is 0 Å². The smallest absolute Gasteiger partial charge is 0.382 e. The van der Waals surface area contributed by atoms with Gasteiger partial charge in [-0.25, -0.2) is 8.42 Å². The molecule has 11 heteroatoms. The largest absolute Gasteiger partial charge is 0.417 e. The van der Waals surface area contributed by atoms with Crippen molar-refractivity contribution in [2.45, 2.75) is 50.9 Å². The normalized spacial score (nSPS) is 20.6. The molecule has 0 radical (unpaired) electrons. The van der Waals surface area contributed by atoms with Gasteiger partial charge in [0, 0.05) is 30.4 Å². The van der Waals surface area contributed by atoms with Crippen molar-refractivity contribution in [2.24, 2.45) is 5.92 Å². The van der Waals surface area contributed by atoms with Crippen LogP contribution >= 0.6 is 0 Å². The van der Waals surface area contributed by atoms with Gasteiger partial charge in [-0.1, -0.05) is 6.92 Å². The molecule has 36 heavy (non-hydrogen) atoms. The van der Waals surface area contributed by atoms with Crippen molar-refractivity contribution in [2.75, 3.05) is 22.9 Å². The molecular weight excluding hydrogens is 493 g/mol. The number of benzene rings is 2. The second kappa shape index (κ2) is 10.8. The van der Waals surface area contributed by atoms with Crippen molar-refractivity contribution in [3.63, 3.8) is 0 Å². The number of carbonyl (C=O) groups is 1. The summed E-state index contributed by atoms with van der Waals surface area (Å²) in [6.07, 6.45) is -0.741. The Kier molecular flexibility index (Phi) is 8.19. The number of halogens is 3. The molecule has 1 fully saturated rings. The number of amides is 1. The zero-order valence-electron chi connectivity index (χ0n) is 20.3. The number of nitrogens with one attached hydrogen (secondary N) is 2. The molecule has 2 aromatic rings. The van der Waals surface area contributed by atoms with E-state index in [9.17, 15) is 26.4 Å². The SMILES string of the molecule is CC1CC[C@H](Nc2ccc(C#N)c(C(F)(F)F)c2)CC[C@@H]1NC(=O)c1ccc(N(C)S(C)(=O)=O)cc1. The van der Waals surface area contributed by atoms with E-state index in [1.165, 1.54) is 19.2 Å². The summed E-state index contributed by atoms with van der Waals surface area (Å²) in [5.74, 6) is -0.114. The van der Waals surface area contributed by atoms with Gasteiger partial charge in [0.15, 0.2) is 0 Å². The zero-order valence-corrected chi connectivity index (χ0v) is 21.1. The highest BCUT2D eigenvalue weighted by molar-refractivity contribution is 7.92. The number of rotatable bonds is 6. The summed E-state index contributed by atoms with van der Waals surface area (Å²) < 4.78 is 64.4. The molecule has 0 aliphatic heterocycles. The number of sulfonamides is 1. The molecule has 3 atom stereocenters. The Morgan fingerprint density at radius 3 is 2.31 bits per heavy atom. The van der Waals surface area contributed by atoms with E-state index in [-0.39, 0.29) is 23.9 Å². The van der Waals surface area contributed by atoms with Crippen LogP contribution in [0.25, 0.3) is 0 Å². The molecular formula is C25H29F3N4O3S. The van der Waals surface area contributed by atoms with Crippen molar-refractivity contribution >= 4 is 27.3 Å². The molecule has 0 saturated heterocycles. The Bertz CT molecular complexity index is 1240. The summed E-state index contributed by atoms with van der Waals surface area (Å²) in [6, 6.07) is 11.3. The molecule has 1 aliphatic carbocycles. The van der Waals surface area contributed by atoms with Crippen LogP contribution in [0.1, 0.15) is 54.1 Å². The lowest BCUT2D eigenvalue weighted by Crippen LogP contribution is -2.39. The first-order valence-electron chi connectivity index (χ1n) is 11.5. The molecule has 1 saturated carbocycles. The number of nitriles is 1. The Morgan fingerprint density at radius 1 is 1.08 bits per heavy atom. The highest BCUT2D eigenvalue weighted by Gasteiger charge is 2.34. The minimum atomic E-state index is -4.62. The molecule has 1 amide bonds. The molecule has 7 nitrogen and oxygen atoms in total. The molecule has 2 aromatic carbocycles. The monoisotopic (exact) mass is 522 g/mol. The standard InChI is InChI=1S/C25H29F3N4O3S/c1-16-4-8-19(30-20-9-5-18(15-29)22(14-20)25(26,27)28)10-13-23(16)31-24(33)17-6-11-21(12-7-17)32(2)36(3,34)35/h5-7,9,11-12,14,16,19,23,30H,4,8,10,13H2,1-3H3,(H,31,33)/t16?,19-,23-/m0/s1. The van der Waals surface area contributed by atoms with E-state index in [1.807, 2.05) is 6.92 Å². The van der Waals surface area contributed by atoms with Gasteiger partial charge in [0.25, 0.3) is 5.91 Å². The fourth-order valence-electron chi connectivity index (χ4n) is 4.30. The Balaban J connectivity index is 1.63. The summed E-state index contributed by atoms with van der Waals surface area (Å²) in [4.78, 5) is 12.8. The van der Waals surface area contributed by atoms with Gasteiger partial charge in [-0.05, 0) is 74.1 Å². The molecule has 3 rings (SSSR count). The second-order valence-electron chi connectivity index (χ2n) is 9.20. The van der Waals surface area contributed by atoms with E-state index in [4.69, 9.17) is 5.26 Å². The molecule has 194 valence electrons. The molecule has 0 bridgehead atoms. The molecule has 0 aromatic heterocycles. The van der Waals surface area contributed by atoms with Gasteiger partial charge in [-0.3, -0.25) is 9.10 Å². The predicted octanol–water partition coefficient (Wildman–Crippen LogP) is 4.76. The van der Waals surface area contributed by atoms with E-state index >= 15 is 0 Å². The summed E-state index contributed by atoms with van der Waals surface area (Å²) in [5, 5.41) is 15.2. The van der Waals surface area contributed by atoms with Gasteiger partial charge in [-0.2, -0.15) is 18.4 Å². The predicted molar refractivity (Wildman–Crippen MR) is 132 cm³/mol. The van der Waals surface area contributed by atoms with Crippen LogP contribution in [0.15, 0.2) is 42.5 Å². The van der Waals surface area contributed by atoms with Gasteiger partial charge in [0.2, 0.25) is 10.0 Å². The fourth-order valence-corrected chi connectivity index (χ4v) is 4.81. The van der Waals surface area contributed by atoms with E-state index in [0.717, 1.165) is 29.5 Å². The van der Waals surface area contributed by atoms with Crippen LogP contribution < -0.4 is 14.9 Å². The lowest BCUT2D eigenvalue weighted by molar-refractivity contribution is -0.137. The third kappa shape index (κ3) is 6.69. The number of carbonyl (C=O) groups excluding carboxylic acids is 1. The first kappa shape index (κ1) is 27.3. The molecule has 1 unspecified atom stereocenters. The number of anilines is 2. The highest BCUT2D eigenvalue weighted by atomic mass is 32.2. The lowest BCUT2D eigenvalue weighted by atomic mass is 9.96. The highest BCUT2D eigenvalue weighted by Crippen LogP contribution is 2.34. The van der Waals surface area contributed by atoms with Gasteiger partial charge < -0.3 is 10.6 Å². The van der Waals surface area contributed by atoms with Crippen molar-refractivity contribution in [3.05, 3.63) is 59.2 Å². The van der Waals surface area contributed by atoms with Crippen LogP contribution in [-0.4, -0.2) is 39.7 Å². The summed E-state index contributed by atoms with van der Waals surface area (Å²) >= 11 is 0. The van der Waals surface area contributed by atoms with Crippen molar-refractivity contribution in [3.8, 4) is 6.07 Å². The maximum Gasteiger partial charge on any atom is 0.417 e. The summed E-state index contributed by atoms with van der Waals surface area (Å²) in [7, 11) is -1.97. The van der Waals surface area contributed by atoms with E-state index in [2.05, 4.69) is 10.6 Å². The van der Waals surface area contributed by atoms with E-state index in [1.54, 1.807) is 30.3 Å². The Hall–Kier alpha value is -3.26. The Labute approximate surface area is 209 Å². The molecule has 0 heterocycles. The van der Waals surface area contributed by atoms with Crippen LogP contribution in [0.2, 0.25) is 0 Å². The second-order valence-corrected chi connectivity index (χ2v) is 11.2. The van der Waals surface area contributed by atoms with Crippen LogP contribution in [-0.2, 0) is 16.2 Å².